The number of hydrogen-bond acceptors (Lipinski definition) is 7. The Morgan fingerprint density at radius 2 is 1.66 bits per heavy atom. The molecule has 3 aromatic rings. The second-order valence-electron chi connectivity index (χ2n) is 6.93. The summed E-state index contributed by atoms with van der Waals surface area (Å²) < 4.78 is 16.2. The molecule has 32 heavy (non-hydrogen) atoms. The highest BCUT2D eigenvalue weighted by atomic mass is 32.2. The van der Waals surface area contributed by atoms with Crippen LogP contribution in [0.5, 0.6) is 23.0 Å². The normalized spacial score (nSPS) is 14.9. The van der Waals surface area contributed by atoms with Gasteiger partial charge in [-0.1, -0.05) is 36.4 Å². The molecule has 0 unspecified atom stereocenters. The van der Waals surface area contributed by atoms with Gasteiger partial charge in [-0.3, -0.25) is 14.5 Å². The third kappa shape index (κ3) is 4.22. The maximum absolute atomic E-state index is 12.8. The second-order valence-corrected chi connectivity index (χ2v) is 7.93. The molecule has 4 rings (SSSR count). The van der Waals surface area contributed by atoms with Crippen LogP contribution in [-0.4, -0.2) is 48.5 Å². The first kappa shape index (κ1) is 21.6. The average Bonchev–Trinajstić information content (AvgIpc) is 3.07. The quantitative estimate of drug-likeness (QED) is 0.522. The number of carbonyl (C=O) groups excluding carboxylic acids is 2. The fraction of sp³-hybridized carbons (Fsp3) is 0.167. The Balaban J connectivity index is 1.47. The largest absolute Gasteiger partial charge is 0.502 e. The molecule has 1 aliphatic rings. The zero-order valence-corrected chi connectivity index (χ0v) is 18.3. The van der Waals surface area contributed by atoms with Crippen LogP contribution in [0.25, 0.3) is 16.8 Å². The van der Waals surface area contributed by atoms with Crippen molar-refractivity contribution in [2.75, 3.05) is 27.4 Å². The molecule has 1 aliphatic heterocycles. The summed E-state index contributed by atoms with van der Waals surface area (Å²) >= 11 is 0.855. The Bertz CT molecular complexity index is 1190. The van der Waals surface area contributed by atoms with Crippen LogP contribution in [0.1, 0.15) is 5.56 Å². The number of rotatable bonds is 7. The van der Waals surface area contributed by atoms with E-state index >= 15 is 0 Å². The van der Waals surface area contributed by atoms with Gasteiger partial charge in [-0.05, 0) is 47.0 Å². The van der Waals surface area contributed by atoms with Crippen molar-refractivity contribution < 1.29 is 28.9 Å². The molecule has 2 amide bonds. The monoisotopic (exact) mass is 451 g/mol. The molecule has 1 N–H and O–H groups in total. The number of aromatic hydroxyl groups is 1. The molecule has 0 atom stereocenters. The van der Waals surface area contributed by atoms with E-state index in [-0.39, 0.29) is 40.5 Å². The number of thioether (sulfide) groups is 1. The van der Waals surface area contributed by atoms with Gasteiger partial charge in [-0.15, -0.1) is 0 Å². The van der Waals surface area contributed by atoms with Crippen molar-refractivity contribution in [1.29, 1.82) is 0 Å². The van der Waals surface area contributed by atoms with Gasteiger partial charge in [-0.25, -0.2) is 0 Å². The van der Waals surface area contributed by atoms with Gasteiger partial charge in [0.15, 0.2) is 11.5 Å². The van der Waals surface area contributed by atoms with Crippen LogP contribution >= 0.6 is 11.8 Å². The minimum absolute atomic E-state index is 0.132. The van der Waals surface area contributed by atoms with Gasteiger partial charge in [0, 0.05) is 5.39 Å². The lowest BCUT2D eigenvalue weighted by atomic mass is 10.1. The molecule has 0 bridgehead atoms. The molecule has 0 spiro atoms. The van der Waals surface area contributed by atoms with E-state index in [9.17, 15) is 14.7 Å². The summed E-state index contributed by atoms with van der Waals surface area (Å²) in [6.07, 6.45) is 1.57. The number of amides is 2. The topological polar surface area (TPSA) is 85.3 Å². The van der Waals surface area contributed by atoms with E-state index in [0.717, 1.165) is 27.4 Å². The number of fused-ring (bicyclic) bond motifs is 1. The van der Waals surface area contributed by atoms with Crippen molar-refractivity contribution in [3.8, 4) is 23.0 Å². The number of methoxy groups -OCH3 is 2. The Hall–Kier alpha value is -3.65. The van der Waals surface area contributed by atoms with Crippen molar-refractivity contribution in [2.45, 2.75) is 0 Å². The van der Waals surface area contributed by atoms with Gasteiger partial charge in [-0.2, -0.15) is 0 Å². The highest BCUT2D eigenvalue weighted by molar-refractivity contribution is 8.18. The lowest BCUT2D eigenvalue weighted by molar-refractivity contribution is -0.123. The standard InChI is InChI=1S/C24H21NO6S/c1-29-19-12-15(13-20(30-2)22(19)26)14-21-23(27)25(24(28)32-21)10-11-31-18-9-5-7-16-6-3-4-8-17(16)18/h3-9,12-14,26H,10-11H2,1-2H3/b21-14-. The third-order valence-corrected chi connectivity index (χ3v) is 5.90. The summed E-state index contributed by atoms with van der Waals surface area (Å²) in [6.45, 7) is 0.313. The number of phenols is 1. The van der Waals surface area contributed by atoms with Gasteiger partial charge < -0.3 is 19.3 Å². The molecule has 1 heterocycles. The van der Waals surface area contributed by atoms with Gasteiger partial charge in [0.2, 0.25) is 5.75 Å². The molecule has 1 saturated heterocycles. The molecule has 0 aliphatic carbocycles. The van der Waals surface area contributed by atoms with Crippen molar-refractivity contribution in [3.05, 3.63) is 65.1 Å². The molecular weight excluding hydrogens is 430 g/mol. The van der Waals surface area contributed by atoms with E-state index in [4.69, 9.17) is 14.2 Å². The SMILES string of the molecule is COc1cc(/C=C2\SC(=O)N(CCOc3cccc4ccccc34)C2=O)cc(OC)c1O. The first-order valence-electron chi connectivity index (χ1n) is 9.82. The molecule has 0 radical (unpaired) electrons. The second kappa shape index (κ2) is 9.23. The average molecular weight is 452 g/mol. The van der Waals surface area contributed by atoms with Gasteiger partial charge in [0.05, 0.1) is 25.7 Å². The predicted octanol–water partition coefficient (Wildman–Crippen LogP) is 4.68. The van der Waals surface area contributed by atoms with Crippen LogP contribution in [0.4, 0.5) is 4.79 Å². The van der Waals surface area contributed by atoms with Gasteiger partial charge in [0.25, 0.3) is 11.1 Å². The number of carbonyl (C=O) groups is 2. The maximum Gasteiger partial charge on any atom is 0.293 e. The van der Waals surface area contributed by atoms with Crippen LogP contribution in [0.3, 0.4) is 0 Å². The molecule has 3 aromatic carbocycles. The zero-order chi connectivity index (χ0) is 22.7. The summed E-state index contributed by atoms with van der Waals surface area (Å²) in [6, 6.07) is 16.7. The summed E-state index contributed by atoms with van der Waals surface area (Å²) in [5.74, 6) is 0.587. The van der Waals surface area contributed by atoms with Crippen LogP contribution in [0.2, 0.25) is 0 Å². The smallest absolute Gasteiger partial charge is 0.293 e. The summed E-state index contributed by atoms with van der Waals surface area (Å²) in [5, 5.41) is 11.7. The number of ether oxygens (including phenoxy) is 3. The lowest BCUT2D eigenvalue weighted by Crippen LogP contribution is -2.32. The van der Waals surface area contributed by atoms with E-state index in [1.165, 1.54) is 14.2 Å². The van der Waals surface area contributed by atoms with E-state index in [1.807, 2.05) is 42.5 Å². The van der Waals surface area contributed by atoms with Crippen LogP contribution in [0, 0.1) is 0 Å². The van der Waals surface area contributed by atoms with Gasteiger partial charge in [0.1, 0.15) is 12.4 Å². The number of phenolic OH excluding ortho intramolecular Hbond substituents is 1. The molecule has 0 aromatic heterocycles. The van der Waals surface area contributed by atoms with Gasteiger partial charge >= 0.3 is 0 Å². The van der Waals surface area contributed by atoms with E-state index in [1.54, 1.807) is 18.2 Å². The van der Waals surface area contributed by atoms with E-state index in [2.05, 4.69) is 0 Å². The third-order valence-electron chi connectivity index (χ3n) is 5.00. The first-order valence-corrected chi connectivity index (χ1v) is 10.6. The Morgan fingerprint density at radius 3 is 2.38 bits per heavy atom. The Labute approximate surface area is 189 Å². The molecule has 0 saturated carbocycles. The fourth-order valence-electron chi connectivity index (χ4n) is 3.41. The van der Waals surface area contributed by atoms with E-state index < -0.39 is 5.91 Å². The Morgan fingerprint density at radius 1 is 0.969 bits per heavy atom. The molecule has 1 fully saturated rings. The highest BCUT2D eigenvalue weighted by Gasteiger charge is 2.35. The van der Waals surface area contributed by atoms with Crippen LogP contribution < -0.4 is 14.2 Å². The summed E-state index contributed by atoms with van der Waals surface area (Å²) in [4.78, 5) is 26.7. The van der Waals surface area contributed by atoms with Crippen LogP contribution in [-0.2, 0) is 4.79 Å². The van der Waals surface area contributed by atoms with Crippen LogP contribution in [0.15, 0.2) is 59.5 Å². The molecular formula is C24H21NO6S. The van der Waals surface area contributed by atoms with Crippen molar-refractivity contribution in [3.63, 3.8) is 0 Å². The summed E-state index contributed by atoms with van der Waals surface area (Å²) in [5.41, 5.74) is 0.564. The predicted molar refractivity (Wildman–Crippen MR) is 123 cm³/mol. The fourth-order valence-corrected chi connectivity index (χ4v) is 4.27. The number of nitrogens with zero attached hydrogens (tertiary/aromatic N) is 1. The van der Waals surface area contributed by atoms with Crippen molar-refractivity contribution in [2.24, 2.45) is 0 Å². The molecule has 7 nitrogen and oxygen atoms in total. The lowest BCUT2D eigenvalue weighted by Gasteiger charge is -2.14. The van der Waals surface area contributed by atoms with Crippen molar-refractivity contribution in [1.82, 2.24) is 4.90 Å². The van der Waals surface area contributed by atoms with Crippen molar-refractivity contribution >= 4 is 39.8 Å². The Kier molecular flexibility index (Phi) is 6.23. The number of hydrogen-bond donors (Lipinski definition) is 1. The summed E-state index contributed by atoms with van der Waals surface area (Å²) in [7, 11) is 2.84. The molecule has 8 heteroatoms. The first-order chi connectivity index (χ1) is 15.5. The van der Waals surface area contributed by atoms with E-state index in [0.29, 0.717) is 11.3 Å². The molecule has 164 valence electrons. The number of imide groups is 1. The zero-order valence-electron chi connectivity index (χ0n) is 17.5. The highest BCUT2D eigenvalue weighted by Crippen LogP contribution is 2.39. The maximum atomic E-state index is 12.8. The minimum Gasteiger partial charge on any atom is -0.502 e. The number of benzene rings is 3. The minimum atomic E-state index is -0.396.